The molecule has 0 fully saturated rings. The Kier molecular flexibility index (Phi) is 5.22. The SMILES string of the molecule is CCN(C(=O)c1nc(-c2cccs2)n(-c2ccc(F)cc2)n1)c1ccccc1C. The first-order valence-corrected chi connectivity index (χ1v) is 10.1. The van der Waals surface area contributed by atoms with Crippen molar-refractivity contribution >= 4 is 22.9 Å². The highest BCUT2D eigenvalue weighted by molar-refractivity contribution is 7.13. The van der Waals surface area contributed by atoms with E-state index in [-0.39, 0.29) is 17.5 Å². The number of benzene rings is 2. The summed E-state index contributed by atoms with van der Waals surface area (Å²) in [6, 6.07) is 17.5. The molecule has 146 valence electrons. The van der Waals surface area contributed by atoms with E-state index >= 15 is 0 Å². The Balaban J connectivity index is 1.80. The lowest BCUT2D eigenvalue weighted by molar-refractivity contribution is 0.0978. The largest absolute Gasteiger partial charge is 0.306 e. The van der Waals surface area contributed by atoms with Crippen LogP contribution in [-0.4, -0.2) is 27.2 Å². The second-order valence-electron chi connectivity index (χ2n) is 6.46. The molecule has 0 radical (unpaired) electrons. The van der Waals surface area contributed by atoms with Gasteiger partial charge >= 0.3 is 0 Å². The molecule has 0 aliphatic heterocycles. The van der Waals surface area contributed by atoms with E-state index in [9.17, 15) is 9.18 Å². The Hall–Kier alpha value is -3.32. The first-order chi connectivity index (χ1) is 14.1. The summed E-state index contributed by atoms with van der Waals surface area (Å²) in [6.07, 6.45) is 0. The highest BCUT2D eigenvalue weighted by Crippen LogP contribution is 2.27. The van der Waals surface area contributed by atoms with Crippen molar-refractivity contribution in [1.29, 1.82) is 0 Å². The fourth-order valence-corrected chi connectivity index (χ4v) is 3.84. The molecule has 0 unspecified atom stereocenters. The minimum atomic E-state index is -0.334. The van der Waals surface area contributed by atoms with Crippen LogP contribution in [0, 0.1) is 12.7 Å². The second-order valence-corrected chi connectivity index (χ2v) is 7.41. The number of thiophene rings is 1. The third-order valence-electron chi connectivity index (χ3n) is 4.58. The van der Waals surface area contributed by atoms with E-state index in [1.54, 1.807) is 21.7 Å². The molecule has 0 bridgehead atoms. The molecule has 0 N–H and O–H groups in total. The number of para-hydroxylation sites is 1. The molecule has 7 heteroatoms. The first kappa shape index (κ1) is 19.0. The number of aryl methyl sites for hydroxylation is 1. The van der Waals surface area contributed by atoms with Gasteiger partial charge in [0, 0.05) is 12.2 Å². The summed E-state index contributed by atoms with van der Waals surface area (Å²) in [5.41, 5.74) is 2.47. The van der Waals surface area contributed by atoms with E-state index < -0.39 is 0 Å². The number of nitrogens with zero attached hydrogens (tertiary/aromatic N) is 4. The molecule has 29 heavy (non-hydrogen) atoms. The number of anilines is 1. The summed E-state index contributed by atoms with van der Waals surface area (Å²) in [6.45, 7) is 4.37. The quantitative estimate of drug-likeness (QED) is 0.463. The van der Waals surface area contributed by atoms with Gasteiger partial charge in [-0.2, -0.15) is 0 Å². The fourth-order valence-electron chi connectivity index (χ4n) is 3.14. The van der Waals surface area contributed by atoms with Gasteiger partial charge < -0.3 is 4.90 Å². The van der Waals surface area contributed by atoms with Gasteiger partial charge in [0.15, 0.2) is 5.82 Å². The standard InChI is InChI=1S/C22H19FN4OS/c1-3-26(18-8-5-4-7-15(18)2)22(28)20-24-21(19-9-6-14-29-19)27(25-20)17-12-10-16(23)11-13-17/h4-14H,3H2,1-2H3. The van der Waals surface area contributed by atoms with E-state index in [0.717, 1.165) is 16.1 Å². The maximum atomic E-state index is 13.4. The van der Waals surface area contributed by atoms with E-state index in [2.05, 4.69) is 10.1 Å². The fraction of sp³-hybridized carbons (Fsp3) is 0.136. The predicted molar refractivity (Wildman–Crippen MR) is 113 cm³/mol. The van der Waals surface area contributed by atoms with Gasteiger partial charge in [0.2, 0.25) is 5.82 Å². The Morgan fingerprint density at radius 1 is 1.10 bits per heavy atom. The molecule has 2 aromatic heterocycles. The molecule has 2 aromatic carbocycles. The lowest BCUT2D eigenvalue weighted by atomic mass is 10.2. The Bertz CT molecular complexity index is 1140. The van der Waals surface area contributed by atoms with Crippen LogP contribution in [0.5, 0.6) is 0 Å². The van der Waals surface area contributed by atoms with Gasteiger partial charge in [-0.05, 0) is 61.2 Å². The Morgan fingerprint density at radius 2 is 1.86 bits per heavy atom. The first-order valence-electron chi connectivity index (χ1n) is 9.23. The normalized spacial score (nSPS) is 10.9. The van der Waals surface area contributed by atoms with Crippen LogP contribution in [0.3, 0.4) is 0 Å². The number of halogens is 1. The predicted octanol–water partition coefficient (Wildman–Crippen LogP) is 5.11. The van der Waals surface area contributed by atoms with E-state index in [1.165, 1.54) is 23.5 Å². The molecule has 5 nitrogen and oxygen atoms in total. The van der Waals surface area contributed by atoms with Gasteiger partial charge in [0.25, 0.3) is 5.91 Å². The zero-order chi connectivity index (χ0) is 20.4. The summed E-state index contributed by atoms with van der Waals surface area (Å²) in [4.78, 5) is 20.4. The highest BCUT2D eigenvalue weighted by atomic mass is 32.1. The second kappa shape index (κ2) is 7.97. The lowest BCUT2D eigenvalue weighted by Gasteiger charge is -2.21. The number of amides is 1. The molecule has 0 atom stereocenters. The van der Waals surface area contributed by atoms with Crippen molar-refractivity contribution in [3.63, 3.8) is 0 Å². The van der Waals surface area contributed by atoms with Crippen molar-refractivity contribution < 1.29 is 9.18 Å². The number of carbonyl (C=O) groups excluding carboxylic acids is 1. The van der Waals surface area contributed by atoms with Crippen molar-refractivity contribution in [2.45, 2.75) is 13.8 Å². The van der Waals surface area contributed by atoms with Crippen LogP contribution in [0.4, 0.5) is 10.1 Å². The summed E-state index contributed by atoms with van der Waals surface area (Å²) in [5.74, 6) is 0.0404. The topological polar surface area (TPSA) is 51.0 Å². The molecule has 2 heterocycles. The molecule has 1 amide bonds. The van der Waals surface area contributed by atoms with Crippen LogP contribution in [-0.2, 0) is 0 Å². The Morgan fingerprint density at radius 3 is 2.52 bits per heavy atom. The van der Waals surface area contributed by atoms with Crippen LogP contribution in [0.15, 0.2) is 66.0 Å². The van der Waals surface area contributed by atoms with E-state index in [4.69, 9.17) is 0 Å². The molecule has 0 spiro atoms. The van der Waals surface area contributed by atoms with Gasteiger partial charge in [-0.25, -0.2) is 14.1 Å². The van der Waals surface area contributed by atoms with Crippen molar-refractivity contribution in [2.24, 2.45) is 0 Å². The minimum Gasteiger partial charge on any atom is -0.306 e. The summed E-state index contributed by atoms with van der Waals surface area (Å²) >= 11 is 1.50. The van der Waals surface area contributed by atoms with Crippen molar-refractivity contribution in [2.75, 3.05) is 11.4 Å². The lowest BCUT2D eigenvalue weighted by Crippen LogP contribution is -2.32. The maximum Gasteiger partial charge on any atom is 0.297 e. The van der Waals surface area contributed by atoms with Gasteiger partial charge in [-0.15, -0.1) is 16.4 Å². The number of carbonyl (C=O) groups is 1. The third-order valence-corrected chi connectivity index (χ3v) is 5.44. The Labute approximate surface area is 172 Å². The van der Waals surface area contributed by atoms with Gasteiger partial charge in [0.1, 0.15) is 5.82 Å². The maximum absolute atomic E-state index is 13.4. The number of aromatic nitrogens is 3. The highest BCUT2D eigenvalue weighted by Gasteiger charge is 2.24. The van der Waals surface area contributed by atoms with Crippen LogP contribution in [0.25, 0.3) is 16.4 Å². The van der Waals surface area contributed by atoms with Crippen molar-refractivity contribution in [1.82, 2.24) is 14.8 Å². The molecular formula is C22H19FN4OS. The number of rotatable bonds is 5. The van der Waals surface area contributed by atoms with Crippen LogP contribution in [0.1, 0.15) is 23.1 Å². The van der Waals surface area contributed by atoms with Gasteiger partial charge in [0.05, 0.1) is 10.6 Å². The molecule has 0 saturated heterocycles. The van der Waals surface area contributed by atoms with Crippen LogP contribution < -0.4 is 4.90 Å². The smallest absolute Gasteiger partial charge is 0.297 e. The van der Waals surface area contributed by atoms with Crippen LogP contribution >= 0.6 is 11.3 Å². The molecule has 0 saturated carbocycles. The average Bonchev–Trinajstić information content (AvgIpc) is 3.40. The molecule has 4 rings (SSSR count). The van der Waals surface area contributed by atoms with Gasteiger partial charge in [-0.3, -0.25) is 4.79 Å². The van der Waals surface area contributed by atoms with Crippen LogP contribution in [0.2, 0.25) is 0 Å². The summed E-state index contributed by atoms with van der Waals surface area (Å²) in [7, 11) is 0. The van der Waals surface area contributed by atoms with Crippen molar-refractivity contribution in [3.05, 3.63) is 83.2 Å². The number of hydrogen-bond acceptors (Lipinski definition) is 4. The molecule has 0 aliphatic carbocycles. The summed E-state index contributed by atoms with van der Waals surface area (Å²) in [5, 5.41) is 6.43. The molecular weight excluding hydrogens is 387 g/mol. The third kappa shape index (κ3) is 3.69. The minimum absolute atomic E-state index is 0.0998. The number of hydrogen-bond donors (Lipinski definition) is 0. The summed E-state index contributed by atoms with van der Waals surface area (Å²) < 4.78 is 15.0. The van der Waals surface area contributed by atoms with Gasteiger partial charge in [-0.1, -0.05) is 24.3 Å². The average molecular weight is 406 g/mol. The zero-order valence-electron chi connectivity index (χ0n) is 16.0. The molecule has 0 aliphatic rings. The van der Waals surface area contributed by atoms with Crippen molar-refractivity contribution in [3.8, 4) is 16.4 Å². The van der Waals surface area contributed by atoms with E-state index in [0.29, 0.717) is 18.1 Å². The zero-order valence-corrected chi connectivity index (χ0v) is 16.9. The van der Waals surface area contributed by atoms with E-state index in [1.807, 2.05) is 55.6 Å². The molecule has 4 aromatic rings. The monoisotopic (exact) mass is 406 g/mol.